The van der Waals surface area contributed by atoms with Gasteiger partial charge < -0.3 is 25.6 Å². The van der Waals surface area contributed by atoms with Crippen LogP contribution in [0.25, 0.3) is 0 Å². The Balaban J connectivity index is 1.46. The number of benzene rings is 2. The summed E-state index contributed by atoms with van der Waals surface area (Å²) >= 11 is 0. The summed E-state index contributed by atoms with van der Waals surface area (Å²) in [5.74, 6) is -0.168. The second kappa shape index (κ2) is 10.8. The van der Waals surface area contributed by atoms with E-state index in [1.54, 1.807) is 23.9 Å². The van der Waals surface area contributed by atoms with Gasteiger partial charge in [-0.1, -0.05) is 6.07 Å². The van der Waals surface area contributed by atoms with Gasteiger partial charge in [0.15, 0.2) is 5.82 Å². The van der Waals surface area contributed by atoms with Crippen LogP contribution in [0.15, 0.2) is 36.4 Å². The molecule has 0 spiro atoms. The van der Waals surface area contributed by atoms with Crippen LogP contribution in [0.3, 0.4) is 0 Å². The molecule has 1 amide bonds. The highest BCUT2D eigenvalue weighted by molar-refractivity contribution is 5.95. The molecular formula is C25H29F2N7O2. The van der Waals surface area contributed by atoms with Crippen molar-refractivity contribution in [1.82, 2.24) is 19.9 Å². The molecule has 36 heavy (non-hydrogen) atoms. The molecule has 11 heteroatoms. The Bertz CT molecular complexity index is 1230. The first-order chi connectivity index (χ1) is 17.2. The number of likely N-dealkylation sites (N-methyl/N-ethyl adjacent to an activating group) is 1. The van der Waals surface area contributed by atoms with Crippen molar-refractivity contribution in [1.29, 1.82) is 0 Å². The largest absolute Gasteiger partial charge is 0.486 e. The number of nitrogens with zero attached hydrogens (tertiary/aromatic N) is 5. The lowest BCUT2D eigenvalue weighted by Gasteiger charge is -2.25. The van der Waals surface area contributed by atoms with Gasteiger partial charge in [0.05, 0.1) is 6.04 Å². The molecule has 9 nitrogen and oxygen atoms in total. The maximum Gasteiger partial charge on any atom is 0.227 e. The number of anilines is 3. The van der Waals surface area contributed by atoms with E-state index in [0.717, 1.165) is 17.7 Å². The first-order valence-corrected chi connectivity index (χ1v) is 11.6. The van der Waals surface area contributed by atoms with Crippen LogP contribution in [0.1, 0.15) is 35.8 Å². The van der Waals surface area contributed by atoms with Crippen molar-refractivity contribution in [3.8, 4) is 5.75 Å². The number of nitrogens with two attached hydrogens (primary N) is 1. The van der Waals surface area contributed by atoms with Crippen molar-refractivity contribution in [2.75, 3.05) is 43.1 Å². The highest BCUT2D eigenvalue weighted by Gasteiger charge is 2.23. The summed E-state index contributed by atoms with van der Waals surface area (Å²) in [4.78, 5) is 28.1. The molecule has 3 N–H and O–H groups in total. The second-order valence-electron chi connectivity index (χ2n) is 8.87. The SMILES string of the molecule is Cc1cc(OCc2nc(N)nc(NCC(c3c(F)cccc3F)N(C)C)n2)cc(N2CCCC2=O)c1. The van der Waals surface area contributed by atoms with Crippen molar-refractivity contribution in [2.24, 2.45) is 0 Å². The van der Waals surface area contributed by atoms with Crippen LogP contribution in [-0.2, 0) is 11.4 Å². The van der Waals surface area contributed by atoms with Crippen LogP contribution in [0.2, 0.25) is 0 Å². The number of aromatic nitrogens is 3. The summed E-state index contributed by atoms with van der Waals surface area (Å²) < 4.78 is 34.6. The van der Waals surface area contributed by atoms with Crippen molar-refractivity contribution in [3.05, 3.63) is 65.0 Å². The fourth-order valence-corrected chi connectivity index (χ4v) is 4.18. The van der Waals surface area contributed by atoms with E-state index in [9.17, 15) is 13.6 Å². The molecule has 4 rings (SSSR count). The van der Waals surface area contributed by atoms with Gasteiger partial charge >= 0.3 is 0 Å². The van der Waals surface area contributed by atoms with Crippen LogP contribution in [-0.4, -0.2) is 52.9 Å². The van der Waals surface area contributed by atoms with Gasteiger partial charge in [-0.15, -0.1) is 0 Å². The average Bonchev–Trinajstić information content (AvgIpc) is 3.24. The number of halogens is 2. The van der Waals surface area contributed by atoms with Crippen LogP contribution in [0, 0.1) is 18.6 Å². The molecular weight excluding hydrogens is 468 g/mol. The number of nitrogen functional groups attached to an aromatic ring is 1. The Morgan fingerprint density at radius 1 is 1.17 bits per heavy atom. The number of hydrogen-bond acceptors (Lipinski definition) is 8. The number of rotatable bonds is 9. The molecule has 3 aromatic rings. The summed E-state index contributed by atoms with van der Waals surface area (Å²) in [6.07, 6.45) is 1.38. The minimum absolute atomic E-state index is 0.0112. The molecule has 1 aromatic heterocycles. The van der Waals surface area contributed by atoms with Crippen LogP contribution in [0.5, 0.6) is 5.75 Å². The third-order valence-corrected chi connectivity index (χ3v) is 5.90. The maximum absolute atomic E-state index is 14.4. The Morgan fingerprint density at radius 3 is 2.58 bits per heavy atom. The number of hydrogen-bond donors (Lipinski definition) is 2. The standard InChI is InChI=1S/C25H29F2N7O2/c1-15-10-16(34-9-5-8-22(34)35)12-17(11-15)36-14-21-30-24(28)32-25(31-21)29-13-20(33(2)3)23-18(26)6-4-7-19(23)27/h4,6-7,10-12,20H,5,8-9,13-14H2,1-3H3,(H3,28,29,30,31,32). The van der Waals surface area contributed by atoms with E-state index in [1.807, 2.05) is 25.1 Å². The lowest BCUT2D eigenvalue weighted by atomic mass is 10.0. The molecule has 1 atom stereocenters. The molecule has 1 aliphatic rings. The third kappa shape index (κ3) is 5.85. The van der Waals surface area contributed by atoms with E-state index >= 15 is 0 Å². The number of carbonyl (C=O) groups excluding carboxylic acids is 1. The number of ether oxygens (including phenoxy) is 1. The average molecular weight is 498 g/mol. The van der Waals surface area contributed by atoms with Gasteiger partial charge in [0.25, 0.3) is 0 Å². The van der Waals surface area contributed by atoms with Crippen LogP contribution in [0.4, 0.5) is 26.4 Å². The zero-order valence-electron chi connectivity index (χ0n) is 20.5. The molecule has 0 saturated carbocycles. The normalized spacial score (nSPS) is 14.4. The third-order valence-electron chi connectivity index (χ3n) is 5.90. The zero-order chi connectivity index (χ0) is 25.8. The minimum Gasteiger partial charge on any atom is -0.486 e. The second-order valence-corrected chi connectivity index (χ2v) is 8.87. The zero-order valence-corrected chi connectivity index (χ0v) is 20.5. The van der Waals surface area contributed by atoms with Crippen LogP contribution >= 0.6 is 0 Å². The van der Waals surface area contributed by atoms with Crippen molar-refractivity contribution in [2.45, 2.75) is 32.4 Å². The molecule has 1 aliphatic heterocycles. The van der Waals surface area contributed by atoms with Crippen LogP contribution < -0.4 is 20.7 Å². The quantitative estimate of drug-likeness (QED) is 0.463. The first kappa shape index (κ1) is 25.2. The van der Waals surface area contributed by atoms with E-state index in [4.69, 9.17) is 10.5 Å². The van der Waals surface area contributed by atoms with E-state index in [2.05, 4.69) is 20.3 Å². The monoisotopic (exact) mass is 497 g/mol. The van der Waals surface area contributed by atoms with E-state index in [0.29, 0.717) is 18.7 Å². The predicted molar refractivity (Wildman–Crippen MR) is 133 cm³/mol. The number of aryl methyl sites for hydroxylation is 1. The first-order valence-electron chi connectivity index (χ1n) is 11.6. The van der Waals surface area contributed by atoms with Gasteiger partial charge in [-0.25, -0.2) is 8.78 Å². The van der Waals surface area contributed by atoms with E-state index < -0.39 is 17.7 Å². The number of nitrogens with one attached hydrogen (secondary N) is 1. The molecule has 1 saturated heterocycles. The molecule has 2 aromatic carbocycles. The van der Waals surface area contributed by atoms with Crippen molar-refractivity contribution < 1.29 is 18.3 Å². The highest BCUT2D eigenvalue weighted by atomic mass is 19.1. The Labute approximate surface area is 208 Å². The summed E-state index contributed by atoms with van der Waals surface area (Å²) in [5, 5.41) is 3.00. The van der Waals surface area contributed by atoms with Crippen molar-refractivity contribution in [3.63, 3.8) is 0 Å². The smallest absolute Gasteiger partial charge is 0.227 e. The number of carbonyl (C=O) groups is 1. The molecule has 190 valence electrons. The fourth-order valence-electron chi connectivity index (χ4n) is 4.18. The molecule has 0 radical (unpaired) electrons. The predicted octanol–water partition coefficient (Wildman–Crippen LogP) is 3.46. The fraction of sp³-hybridized carbons (Fsp3) is 0.360. The van der Waals surface area contributed by atoms with Gasteiger partial charge in [-0.3, -0.25) is 4.79 Å². The lowest BCUT2D eigenvalue weighted by molar-refractivity contribution is -0.117. The Kier molecular flexibility index (Phi) is 7.58. The topological polar surface area (TPSA) is 110 Å². The van der Waals surface area contributed by atoms with Gasteiger partial charge in [-0.05, 0) is 57.3 Å². The summed E-state index contributed by atoms with van der Waals surface area (Å²) in [6, 6.07) is 8.76. The lowest BCUT2D eigenvalue weighted by Crippen LogP contribution is -2.29. The van der Waals surface area contributed by atoms with E-state index in [1.165, 1.54) is 18.2 Å². The number of amides is 1. The minimum atomic E-state index is -0.632. The Hall–Kier alpha value is -3.86. The highest BCUT2D eigenvalue weighted by Crippen LogP contribution is 2.28. The van der Waals surface area contributed by atoms with Gasteiger partial charge in [0.2, 0.25) is 17.8 Å². The van der Waals surface area contributed by atoms with E-state index in [-0.39, 0.29) is 42.3 Å². The van der Waals surface area contributed by atoms with Gasteiger partial charge in [0.1, 0.15) is 24.0 Å². The summed E-state index contributed by atoms with van der Waals surface area (Å²) in [5.41, 5.74) is 7.56. The van der Waals surface area contributed by atoms with Gasteiger partial charge in [-0.2, -0.15) is 15.0 Å². The molecule has 1 fully saturated rings. The van der Waals surface area contributed by atoms with Gasteiger partial charge in [0, 0.05) is 36.8 Å². The maximum atomic E-state index is 14.4. The Morgan fingerprint density at radius 2 is 1.92 bits per heavy atom. The molecule has 1 unspecified atom stereocenters. The molecule has 0 bridgehead atoms. The van der Waals surface area contributed by atoms with Crippen molar-refractivity contribution >= 4 is 23.5 Å². The molecule has 0 aliphatic carbocycles. The summed E-state index contributed by atoms with van der Waals surface area (Å²) in [7, 11) is 3.45. The summed E-state index contributed by atoms with van der Waals surface area (Å²) in [6.45, 7) is 2.75. The molecule has 2 heterocycles.